The molecule has 18 heavy (non-hydrogen) atoms. The van der Waals surface area contributed by atoms with Crippen LogP contribution >= 0.6 is 0 Å². The first-order valence-electron chi connectivity index (χ1n) is 6.71. The highest BCUT2D eigenvalue weighted by Crippen LogP contribution is 2.39. The maximum Gasteiger partial charge on any atom is 0.0273 e. The summed E-state index contributed by atoms with van der Waals surface area (Å²) in [4.78, 5) is 0. The third-order valence-corrected chi connectivity index (χ3v) is 3.89. The summed E-state index contributed by atoms with van der Waals surface area (Å²) in [6, 6.07) is 6.83. The molecule has 1 aliphatic heterocycles. The minimum Gasteiger partial charge on any atom is -0.388 e. The van der Waals surface area contributed by atoms with Gasteiger partial charge in [-0.1, -0.05) is 55.0 Å². The lowest BCUT2D eigenvalue weighted by Crippen LogP contribution is -2.12. The molecular formula is C17H23N. The van der Waals surface area contributed by atoms with Gasteiger partial charge < -0.3 is 5.32 Å². The number of hydrogen-bond donors (Lipinski definition) is 1. The predicted octanol–water partition coefficient (Wildman–Crippen LogP) is 4.09. The molecule has 0 aliphatic carbocycles. The molecule has 0 saturated carbocycles. The van der Waals surface area contributed by atoms with Crippen LogP contribution in [-0.2, 0) is 0 Å². The Labute approximate surface area is 111 Å². The van der Waals surface area contributed by atoms with Gasteiger partial charge in [0, 0.05) is 24.1 Å². The Morgan fingerprint density at radius 2 is 1.89 bits per heavy atom. The van der Waals surface area contributed by atoms with Crippen molar-refractivity contribution in [1.29, 1.82) is 0 Å². The monoisotopic (exact) mass is 241 g/mol. The lowest BCUT2D eigenvalue weighted by molar-refractivity contribution is 0.618. The summed E-state index contributed by atoms with van der Waals surface area (Å²) in [7, 11) is 0. The van der Waals surface area contributed by atoms with Crippen molar-refractivity contribution in [2.75, 3.05) is 6.54 Å². The van der Waals surface area contributed by atoms with Gasteiger partial charge in [0.15, 0.2) is 0 Å². The van der Waals surface area contributed by atoms with Gasteiger partial charge in [-0.05, 0) is 25.8 Å². The summed E-state index contributed by atoms with van der Waals surface area (Å²) < 4.78 is 0. The van der Waals surface area contributed by atoms with Crippen molar-refractivity contribution in [1.82, 2.24) is 5.32 Å². The van der Waals surface area contributed by atoms with Crippen LogP contribution in [0.1, 0.15) is 36.0 Å². The number of nitrogens with one attached hydrogen (secondary N) is 1. The lowest BCUT2D eigenvalue weighted by Gasteiger charge is -2.21. The smallest absolute Gasteiger partial charge is 0.0273 e. The molecule has 1 aliphatic rings. The number of aryl methyl sites for hydroxylation is 2. The maximum atomic E-state index is 4.23. The van der Waals surface area contributed by atoms with Crippen LogP contribution < -0.4 is 5.32 Å². The van der Waals surface area contributed by atoms with Gasteiger partial charge in [-0.15, -0.1) is 0 Å². The van der Waals surface area contributed by atoms with Gasteiger partial charge in [0.05, 0.1) is 0 Å². The minimum atomic E-state index is 0.385. The number of benzene rings is 1. The zero-order valence-electron chi connectivity index (χ0n) is 11.7. The summed E-state index contributed by atoms with van der Waals surface area (Å²) in [6.07, 6.45) is 1.02. The summed E-state index contributed by atoms with van der Waals surface area (Å²) in [5.74, 6) is 0.875. The number of rotatable bonds is 3. The Morgan fingerprint density at radius 3 is 2.44 bits per heavy atom. The average Bonchev–Trinajstić information content (AvgIpc) is 2.69. The first-order valence-corrected chi connectivity index (χ1v) is 6.71. The zero-order valence-corrected chi connectivity index (χ0v) is 11.7. The Balaban J connectivity index is 2.37. The van der Waals surface area contributed by atoms with E-state index in [0.29, 0.717) is 11.8 Å². The molecule has 2 atom stereocenters. The molecule has 1 N–H and O–H groups in total. The highest BCUT2D eigenvalue weighted by Gasteiger charge is 2.32. The molecule has 2 rings (SSSR count). The van der Waals surface area contributed by atoms with Gasteiger partial charge in [-0.25, -0.2) is 0 Å². The summed E-state index contributed by atoms with van der Waals surface area (Å²) in [5, 5.41) is 3.42. The molecule has 0 bridgehead atoms. The van der Waals surface area contributed by atoms with Crippen LogP contribution in [0.2, 0.25) is 0 Å². The van der Waals surface area contributed by atoms with Gasteiger partial charge in [0.25, 0.3) is 0 Å². The molecule has 1 aromatic carbocycles. The second-order valence-electron chi connectivity index (χ2n) is 5.42. The summed E-state index contributed by atoms with van der Waals surface area (Å²) in [6.45, 7) is 15.9. The van der Waals surface area contributed by atoms with Crippen LogP contribution in [-0.4, -0.2) is 6.54 Å². The van der Waals surface area contributed by atoms with Gasteiger partial charge in [0.2, 0.25) is 0 Å². The molecule has 0 spiro atoms. The topological polar surface area (TPSA) is 12.0 Å². The largest absolute Gasteiger partial charge is 0.388 e. The highest BCUT2D eigenvalue weighted by atomic mass is 14.9. The zero-order chi connectivity index (χ0) is 13.3. The molecular weight excluding hydrogens is 218 g/mol. The van der Waals surface area contributed by atoms with Crippen LogP contribution in [0.4, 0.5) is 0 Å². The maximum absolute atomic E-state index is 4.23. The quantitative estimate of drug-likeness (QED) is 0.786. The van der Waals surface area contributed by atoms with Crippen LogP contribution in [0, 0.1) is 19.8 Å². The Bertz CT molecular complexity index is 464. The fraction of sp³-hybridized carbons (Fsp3) is 0.412. The number of allylic oxidation sites excluding steroid dienone is 1. The first kappa shape index (κ1) is 12.9. The third-order valence-electron chi connectivity index (χ3n) is 3.89. The predicted molar refractivity (Wildman–Crippen MR) is 78.7 cm³/mol. The fourth-order valence-corrected chi connectivity index (χ4v) is 3.00. The van der Waals surface area contributed by atoms with E-state index < -0.39 is 0 Å². The molecule has 0 radical (unpaired) electrons. The average molecular weight is 241 g/mol. The van der Waals surface area contributed by atoms with Crippen molar-refractivity contribution in [2.24, 2.45) is 5.92 Å². The van der Waals surface area contributed by atoms with Crippen molar-refractivity contribution in [2.45, 2.75) is 33.1 Å². The molecule has 2 unspecified atom stereocenters. The van der Waals surface area contributed by atoms with Crippen LogP contribution in [0.3, 0.4) is 0 Å². The molecule has 1 heterocycles. The third kappa shape index (κ3) is 2.35. The number of hydrogen-bond acceptors (Lipinski definition) is 1. The lowest BCUT2D eigenvalue weighted by atomic mass is 9.81. The van der Waals surface area contributed by atoms with E-state index in [1.165, 1.54) is 22.3 Å². The van der Waals surface area contributed by atoms with E-state index in [4.69, 9.17) is 0 Å². The Hall–Kier alpha value is -1.50. The summed E-state index contributed by atoms with van der Waals surface area (Å²) in [5.41, 5.74) is 6.50. The molecule has 96 valence electrons. The van der Waals surface area contributed by atoms with Crippen molar-refractivity contribution in [3.63, 3.8) is 0 Å². The molecule has 1 fully saturated rings. The van der Waals surface area contributed by atoms with Crippen molar-refractivity contribution >= 4 is 0 Å². The first-order chi connectivity index (χ1) is 8.52. The van der Waals surface area contributed by atoms with Crippen LogP contribution in [0.25, 0.3) is 0 Å². The highest BCUT2D eigenvalue weighted by molar-refractivity contribution is 5.37. The van der Waals surface area contributed by atoms with E-state index in [1.807, 2.05) is 0 Å². The summed E-state index contributed by atoms with van der Waals surface area (Å²) >= 11 is 0. The van der Waals surface area contributed by atoms with Crippen molar-refractivity contribution in [3.05, 3.63) is 59.3 Å². The van der Waals surface area contributed by atoms with E-state index >= 15 is 0 Å². The minimum absolute atomic E-state index is 0.385. The molecule has 1 aromatic rings. The van der Waals surface area contributed by atoms with E-state index in [1.54, 1.807) is 0 Å². The Morgan fingerprint density at radius 1 is 1.28 bits per heavy atom. The second-order valence-corrected chi connectivity index (χ2v) is 5.42. The van der Waals surface area contributed by atoms with Crippen molar-refractivity contribution in [3.8, 4) is 0 Å². The Kier molecular flexibility index (Phi) is 3.60. The van der Waals surface area contributed by atoms with Crippen LogP contribution in [0.5, 0.6) is 0 Å². The van der Waals surface area contributed by atoms with Crippen molar-refractivity contribution < 1.29 is 0 Å². The fourth-order valence-electron chi connectivity index (χ4n) is 3.00. The molecule has 0 aromatic heterocycles. The standard InChI is InChI=1S/C17H23N/c1-6-13(4)17-14(5)18-10-16(17)15-8-11(2)7-12(3)9-15/h7-9,16-18H,4-6,10H2,1-3H3. The normalized spacial score (nSPS) is 22.9. The van der Waals surface area contributed by atoms with E-state index in [-0.39, 0.29) is 0 Å². The second kappa shape index (κ2) is 5.01. The van der Waals surface area contributed by atoms with E-state index in [2.05, 4.69) is 57.4 Å². The van der Waals surface area contributed by atoms with Gasteiger partial charge >= 0.3 is 0 Å². The molecule has 1 saturated heterocycles. The van der Waals surface area contributed by atoms with Gasteiger partial charge in [-0.2, -0.15) is 0 Å². The SMILES string of the molecule is C=C(CC)C1C(=C)NCC1c1cc(C)cc(C)c1. The molecule has 0 amide bonds. The molecule has 1 heteroatoms. The van der Waals surface area contributed by atoms with Crippen LogP contribution in [0.15, 0.2) is 42.6 Å². The molecule has 1 nitrogen and oxygen atoms in total. The van der Waals surface area contributed by atoms with Gasteiger partial charge in [-0.3, -0.25) is 0 Å². The van der Waals surface area contributed by atoms with E-state index in [0.717, 1.165) is 18.7 Å². The van der Waals surface area contributed by atoms with E-state index in [9.17, 15) is 0 Å². The van der Waals surface area contributed by atoms with Gasteiger partial charge in [0.1, 0.15) is 0 Å².